The van der Waals surface area contributed by atoms with Crippen LogP contribution in [0.3, 0.4) is 0 Å². The Hall–Kier alpha value is -3.75. The lowest BCUT2D eigenvalue weighted by atomic mass is 9.86. The molecule has 8 nitrogen and oxygen atoms in total. The average Bonchev–Trinajstić information content (AvgIpc) is 2.99. The number of hydrogen-bond acceptors (Lipinski definition) is 8. The standard InChI is InChI=1S/C32H39N3O5/c1-38-27-15-25(19-33-37)32(36)26(16-27)21-34-12-9-22(10-13-34)20-35-14-11-24-17-29(39-2)30(40-3)18-28(24)31(35)23-7-5-4-6-8-23/h4-8,15-19,22,31,36-37H,9-14,20-21H2,1-3H3/b33-19+. The van der Waals surface area contributed by atoms with Gasteiger partial charge in [-0.25, -0.2) is 0 Å². The monoisotopic (exact) mass is 545 g/mol. The van der Waals surface area contributed by atoms with Crippen molar-refractivity contribution in [2.24, 2.45) is 11.1 Å². The van der Waals surface area contributed by atoms with Gasteiger partial charge < -0.3 is 24.5 Å². The van der Waals surface area contributed by atoms with Crippen LogP contribution in [0.1, 0.15) is 46.7 Å². The lowest BCUT2D eigenvalue weighted by Gasteiger charge is -2.41. The molecule has 1 saturated heterocycles. The lowest BCUT2D eigenvalue weighted by molar-refractivity contribution is 0.119. The second-order valence-electron chi connectivity index (χ2n) is 10.7. The van der Waals surface area contributed by atoms with Crippen LogP contribution in [-0.4, -0.2) is 73.8 Å². The molecule has 1 unspecified atom stereocenters. The first-order chi connectivity index (χ1) is 19.5. The van der Waals surface area contributed by atoms with Crippen LogP contribution < -0.4 is 14.2 Å². The van der Waals surface area contributed by atoms with Crippen molar-refractivity contribution in [1.29, 1.82) is 0 Å². The number of nitrogens with zero attached hydrogens (tertiary/aromatic N) is 3. The molecule has 1 atom stereocenters. The van der Waals surface area contributed by atoms with E-state index in [-0.39, 0.29) is 11.8 Å². The molecule has 2 aliphatic heterocycles. The third kappa shape index (κ3) is 5.88. The smallest absolute Gasteiger partial charge is 0.161 e. The lowest BCUT2D eigenvalue weighted by Crippen LogP contribution is -2.42. The van der Waals surface area contributed by atoms with E-state index < -0.39 is 0 Å². The van der Waals surface area contributed by atoms with E-state index in [1.807, 2.05) is 6.07 Å². The van der Waals surface area contributed by atoms with Crippen LogP contribution in [0.15, 0.2) is 59.8 Å². The summed E-state index contributed by atoms with van der Waals surface area (Å²) >= 11 is 0. The van der Waals surface area contributed by atoms with Crippen LogP contribution in [0.5, 0.6) is 23.0 Å². The summed E-state index contributed by atoms with van der Waals surface area (Å²) < 4.78 is 16.7. The molecule has 2 N–H and O–H groups in total. The molecule has 8 heteroatoms. The van der Waals surface area contributed by atoms with Gasteiger partial charge in [-0.05, 0) is 79.2 Å². The Labute approximate surface area is 236 Å². The molecule has 40 heavy (non-hydrogen) atoms. The quantitative estimate of drug-likeness (QED) is 0.220. The number of aromatic hydroxyl groups is 1. The van der Waals surface area contributed by atoms with E-state index in [0.717, 1.165) is 62.5 Å². The minimum Gasteiger partial charge on any atom is -0.507 e. The maximum absolute atomic E-state index is 10.7. The number of benzene rings is 3. The highest BCUT2D eigenvalue weighted by molar-refractivity contribution is 5.84. The van der Waals surface area contributed by atoms with Crippen molar-refractivity contribution in [2.75, 3.05) is 47.5 Å². The summed E-state index contributed by atoms with van der Waals surface area (Å²) in [6, 6.07) is 18.8. The molecule has 2 heterocycles. The Morgan fingerprint density at radius 2 is 1.65 bits per heavy atom. The van der Waals surface area contributed by atoms with E-state index in [0.29, 0.717) is 23.8 Å². The Morgan fingerprint density at radius 1 is 0.925 bits per heavy atom. The average molecular weight is 546 g/mol. The summed E-state index contributed by atoms with van der Waals surface area (Å²) in [4.78, 5) is 5.01. The maximum Gasteiger partial charge on any atom is 0.161 e. The van der Waals surface area contributed by atoms with E-state index in [1.54, 1.807) is 27.4 Å². The topological polar surface area (TPSA) is 87.0 Å². The Balaban J connectivity index is 1.30. The minimum atomic E-state index is 0.130. The zero-order valence-electron chi connectivity index (χ0n) is 23.5. The number of oxime groups is 1. The SMILES string of the molecule is COc1cc(/C=N/O)c(O)c(CN2CCC(CN3CCc4cc(OC)c(OC)cc4C3c3ccccc3)CC2)c1. The zero-order valence-corrected chi connectivity index (χ0v) is 23.5. The summed E-state index contributed by atoms with van der Waals surface area (Å²) in [5.74, 6) is 2.90. The molecule has 0 aromatic heterocycles. The molecule has 0 amide bonds. The number of phenolic OH excluding ortho intramolecular Hbond substituents is 1. The predicted octanol–water partition coefficient (Wildman–Crippen LogP) is 5.09. The van der Waals surface area contributed by atoms with Gasteiger partial charge in [-0.3, -0.25) is 9.80 Å². The van der Waals surface area contributed by atoms with Crippen molar-refractivity contribution in [3.63, 3.8) is 0 Å². The Bertz CT molecular complexity index is 1320. The number of likely N-dealkylation sites (tertiary alicyclic amines) is 1. The number of methoxy groups -OCH3 is 3. The van der Waals surface area contributed by atoms with Gasteiger partial charge in [0.25, 0.3) is 0 Å². The van der Waals surface area contributed by atoms with Gasteiger partial charge >= 0.3 is 0 Å². The number of phenols is 1. The van der Waals surface area contributed by atoms with Crippen LogP contribution in [0.25, 0.3) is 0 Å². The number of hydrogen-bond donors (Lipinski definition) is 2. The number of fused-ring (bicyclic) bond motifs is 1. The van der Waals surface area contributed by atoms with Crippen molar-refractivity contribution >= 4 is 6.21 Å². The molecule has 1 fully saturated rings. The largest absolute Gasteiger partial charge is 0.507 e. The van der Waals surface area contributed by atoms with Crippen molar-refractivity contribution in [1.82, 2.24) is 9.80 Å². The molecule has 3 aromatic carbocycles. The molecule has 5 rings (SSSR count). The van der Waals surface area contributed by atoms with Crippen LogP contribution in [0, 0.1) is 5.92 Å². The van der Waals surface area contributed by atoms with Crippen molar-refractivity contribution < 1.29 is 24.5 Å². The number of piperidine rings is 1. The van der Waals surface area contributed by atoms with E-state index in [4.69, 9.17) is 19.4 Å². The van der Waals surface area contributed by atoms with Gasteiger partial charge in [0.05, 0.1) is 33.6 Å². The highest BCUT2D eigenvalue weighted by Gasteiger charge is 2.32. The third-order valence-electron chi connectivity index (χ3n) is 8.31. The van der Waals surface area contributed by atoms with Crippen LogP contribution >= 0.6 is 0 Å². The van der Waals surface area contributed by atoms with Crippen molar-refractivity contribution in [3.8, 4) is 23.0 Å². The highest BCUT2D eigenvalue weighted by Crippen LogP contribution is 2.41. The molecule has 0 aliphatic carbocycles. The summed E-state index contributed by atoms with van der Waals surface area (Å²) in [5, 5.41) is 22.8. The van der Waals surface area contributed by atoms with E-state index >= 15 is 0 Å². The molecule has 0 radical (unpaired) electrons. The van der Waals surface area contributed by atoms with Gasteiger partial charge in [0, 0.05) is 30.8 Å². The second-order valence-corrected chi connectivity index (χ2v) is 10.7. The predicted molar refractivity (Wildman–Crippen MR) is 155 cm³/mol. The second kappa shape index (κ2) is 12.6. The first-order valence-corrected chi connectivity index (χ1v) is 13.9. The highest BCUT2D eigenvalue weighted by atomic mass is 16.5. The number of ether oxygens (including phenoxy) is 3. The Kier molecular flexibility index (Phi) is 8.77. The molecule has 212 valence electrons. The van der Waals surface area contributed by atoms with Crippen LogP contribution in [0.2, 0.25) is 0 Å². The fraction of sp³-hybridized carbons (Fsp3) is 0.406. The zero-order chi connectivity index (χ0) is 28.1. The van der Waals surface area contributed by atoms with Crippen molar-refractivity contribution in [2.45, 2.75) is 31.8 Å². The van der Waals surface area contributed by atoms with Gasteiger partial charge in [-0.15, -0.1) is 0 Å². The molecule has 0 saturated carbocycles. The fourth-order valence-corrected chi connectivity index (χ4v) is 6.21. The first-order valence-electron chi connectivity index (χ1n) is 13.9. The van der Waals surface area contributed by atoms with E-state index in [9.17, 15) is 5.11 Å². The summed E-state index contributed by atoms with van der Waals surface area (Å²) in [6.07, 6.45) is 4.39. The van der Waals surface area contributed by atoms with Gasteiger partial charge in [-0.2, -0.15) is 0 Å². The first kappa shape index (κ1) is 27.8. The number of rotatable bonds is 9. The molecular formula is C32H39N3O5. The molecule has 2 aliphatic rings. The molecule has 0 spiro atoms. The normalized spacial score (nSPS) is 18.5. The Morgan fingerprint density at radius 3 is 2.33 bits per heavy atom. The van der Waals surface area contributed by atoms with Gasteiger partial charge in [0.2, 0.25) is 0 Å². The van der Waals surface area contributed by atoms with E-state index in [1.165, 1.54) is 22.9 Å². The van der Waals surface area contributed by atoms with Crippen LogP contribution in [-0.2, 0) is 13.0 Å². The summed E-state index contributed by atoms with van der Waals surface area (Å²) in [7, 11) is 4.98. The fourth-order valence-electron chi connectivity index (χ4n) is 6.21. The maximum atomic E-state index is 10.7. The molecule has 3 aromatic rings. The van der Waals surface area contributed by atoms with E-state index in [2.05, 4.69) is 57.4 Å². The van der Waals surface area contributed by atoms with Crippen LogP contribution in [0.4, 0.5) is 0 Å². The molecule has 0 bridgehead atoms. The summed E-state index contributed by atoms with van der Waals surface area (Å²) in [6.45, 7) is 4.55. The van der Waals surface area contributed by atoms with Gasteiger partial charge in [-0.1, -0.05) is 35.5 Å². The van der Waals surface area contributed by atoms with Gasteiger partial charge in [0.15, 0.2) is 11.5 Å². The van der Waals surface area contributed by atoms with Crippen molar-refractivity contribution in [3.05, 3.63) is 82.4 Å². The minimum absolute atomic E-state index is 0.130. The molecular weight excluding hydrogens is 506 g/mol. The summed E-state index contributed by atoms with van der Waals surface area (Å²) in [5.41, 5.74) is 5.13. The van der Waals surface area contributed by atoms with Gasteiger partial charge in [0.1, 0.15) is 11.5 Å². The third-order valence-corrected chi connectivity index (χ3v) is 8.31.